The van der Waals surface area contributed by atoms with Gasteiger partial charge in [0.1, 0.15) is 18.8 Å². The number of aromatic nitrogens is 1. The van der Waals surface area contributed by atoms with Gasteiger partial charge in [0.2, 0.25) is 5.91 Å². The fourth-order valence-electron chi connectivity index (χ4n) is 7.87. The van der Waals surface area contributed by atoms with E-state index >= 15 is 0 Å². The van der Waals surface area contributed by atoms with Gasteiger partial charge in [-0.15, -0.1) is 0 Å². The van der Waals surface area contributed by atoms with E-state index in [1.54, 1.807) is 18.3 Å². The van der Waals surface area contributed by atoms with E-state index in [-0.39, 0.29) is 57.8 Å². The molecule has 0 aliphatic rings. The minimum atomic E-state index is -1.08. The molecule has 5 atom stereocenters. The number of alkyl carbamates (subject to hydrolysis) is 1. The van der Waals surface area contributed by atoms with Gasteiger partial charge in [0.05, 0.1) is 70.8 Å². The van der Waals surface area contributed by atoms with Gasteiger partial charge in [0.15, 0.2) is 5.78 Å². The van der Waals surface area contributed by atoms with Crippen LogP contribution in [0.15, 0.2) is 109 Å². The Morgan fingerprint density at radius 2 is 1.27 bits per heavy atom. The average Bonchev–Trinajstić information content (AvgIpc) is 3.34. The number of pyridine rings is 1. The van der Waals surface area contributed by atoms with E-state index in [4.69, 9.17) is 34.2 Å². The number of nitrogens with two attached hydrogens (primary N) is 1. The van der Waals surface area contributed by atoms with E-state index < -0.39 is 64.8 Å². The van der Waals surface area contributed by atoms with Crippen molar-refractivity contribution in [3.63, 3.8) is 0 Å². The summed E-state index contributed by atoms with van der Waals surface area (Å²) in [5.74, 6) is -3.58. The highest BCUT2D eigenvalue weighted by Gasteiger charge is 2.39. The summed E-state index contributed by atoms with van der Waals surface area (Å²) in [6.07, 6.45) is -0.0456. The highest BCUT2D eigenvalue weighted by Crippen LogP contribution is 2.31. The van der Waals surface area contributed by atoms with E-state index in [0.29, 0.717) is 26.4 Å². The molecule has 0 saturated heterocycles. The fourth-order valence-corrected chi connectivity index (χ4v) is 7.87. The van der Waals surface area contributed by atoms with Crippen LogP contribution in [0.25, 0.3) is 11.3 Å². The maximum Gasteiger partial charge on any atom is 0.407 e. The lowest BCUT2D eigenvalue weighted by molar-refractivity contribution is -0.157. The van der Waals surface area contributed by atoms with Crippen LogP contribution in [-0.4, -0.2) is 118 Å². The lowest BCUT2D eigenvalue weighted by atomic mass is 9.78. The molecule has 3 aromatic carbocycles. The molecule has 0 unspecified atom stereocenters. The number of benzene rings is 3. The third-order valence-electron chi connectivity index (χ3n) is 11.8. The monoisotopic (exact) mass is 982 g/mol. The number of rotatable bonds is 29. The Kier molecular flexibility index (Phi) is 23.8. The van der Waals surface area contributed by atoms with Crippen molar-refractivity contribution in [2.24, 2.45) is 28.4 Å². The largest absolute Gasteiger partial charge is 0.469 e. The second kappa shape index (κ2) is 29.3. The first-order valence-electron chi connectivity index (χ1n) is 24.1. The lowest BCUT2D eigenvalue weighted by Gasteiger charge is -2.36. The second-order valence-electron chi connectivity index (χ2n) is 19.7. The van der Waals surface area contributed by atoms with E-state index in [2.05, 4.69) is 15.7 Å². The molecule has 0 bridgehead atoms. The highest BCUT2D eigenvalue weighted by molar-refractivity contribution is 5.88. The van der Waals surface area contributed by atoms with E-state index in [1.807, 2.05) is 145 Å². The number of hydrazine groups is 1. The molecule has 16 nitrogen and oxygen atoms in total. The minimum absolute atomic E-state index is 0.0595. The number of methoxy groups -OCH3 is 2. The van der Waals surface area contributed by atoms with Gasteiger partial charge in [-0.25, -0.2) is 9.80 Å². The molecule has 0 aliphatic carbocycles. The van der Waals surface area contributed by atoms with Gasteiger partial charge in [0.25, 0.3) is 0 Å². The summed E-state index contributed by atoms with van der Waals surface area (Å²) in [7, 11) is 2.87. The van der Waals surface area contributed by atoms with Gasteiger partial charge in [-0.2, -0.15) is 0 Å². The molecule has 1 aromatic heterocycles. The van der Waals surface area contributed by atoms with Crippen LogP contribution in [0.1, 0.15) is 71.1 Å². The summed E-state index contributed by atoms with van der Waals surface area (Å²) in [6.45, 7) is 12.8. The third-order valence-corrected chi connectivity index (χ3v) is 11.8. The number of ether oxygens (including phenoxy) is 6. The molecule has 0 aliphatic heterocycles. The van der Waals surface area contributed by atoms with Crippen molar-refractivity contribution in [1.82, 2.24) is 20.7 Å². The number of ketones is 1. The standard InChI is InChI=1S/C55H75N5O11/c1-54(2,3)44(36-49(62)67-8)51(63)59-60(37-41-22-24-42(25-23-41)46-21-15-16-26-57-46)38-48(71-52(64)45(56)34-40-19-13-10-14-20-40)43(33-39-17-11-9-12-18-39)35-47(61)50(55(4,5)6)58-53(65)70-32-31-69-30-29-68-28-27-66-7/h9-26,43-45,48,50H,27-38,56H2,1-8H3,(H,58,65)(H,59,63)/t43-,44-,45+,48+,50-/m1/s1. The van der Waals surface area contributed by atoms with Crippen molar-refractivity contribution < 1.29 is 52.4 Å². The number of carbonyl (C=O) groups excluding carboxylic acids is 5. The van der Waals surface area contributed by atoms with Crippen molar-refractivity contribution in [2.75, 3.05) is 60.4 Å². The molecule has 71 heavy (non-hydrogen) atoms. The number of Topliss-reactive ketones (excluding diaryl/α,β-unsaturated/α-hetero) is 1. The molecule has 2 amide bonds. The number of hydrogen-bond acceptors (Lipinski definition) is 14. The maximum absolute atomic E-state index is 14.8. The van der Waals surface area contributed by atoms with Gasteiger partial charge in [-0.05, 0) is 52.5 Å². The first kappa shape index (κ1) is 57.5. The molecular weight excluding hydrogens is 907 g/mol. The van der Waals surface area contributed by atoms with Crippen molar-refractivity contribution >= 4 is 29.7 Å². The van der Waals surface area contributed by atoms with Gasteiger partial charge < -0.3 is 39.5 Å². The zero-order valence-electron chi connectivity index (χ0n) is 42.7. The number of amides is 2. The summed E-state index contributed by atoms with van der Waals surface area (Å²) < 4.78 is 32.8. The fraction of sp³-hybridized carbons (Fsp3) is 0.491. The quantitative estimate of drug-likeness (QED) is 0.0219. The molecule has 1 heterocycles. The van der Waals surface area contributed by atoms with Crippen LogP contribution in [0, 0.1) is 22.7 Å². The highest BCUT2D eigenvalue weighted by atomic mass is 16.6. The Morgan fingerprint density at radius 3 is 1.83 bits per heavy atom. The number of esters is 2. The van der Waals surface area contributed by atoms with Crippen molar-refractivity contribution in [3.8, 4) is 11.3 Å². The Morgan fingerprint density at radius 1 is 0.676 bits per heavy atom. The lowest BCUT2D eigenvalue weighted by Crippen LogP contribution is -2.53. The number of hydrogen-bond donors (Lipinski definition) is 3. The van der Waals surface area contributed by atoms with Crippen molar-refractivity contribution in [2.45, 2.75) is 92.0 Å². The van der Waals surface area contributed by atoms with Gasteiger partial charge in [0, 0.05) is 37.8 Å². The van der Waals surface area contributed by atoms with Gasteiger partial charge in [-0.1, -0.05) is 133 Å². The molecule has 386 valence electrons. The van der Waals surface area contributed by atoms with E-state index in [9.17, 15) is 24.0 Å². The zero-order valence-corrected chi connectivity index (χ0v) is 42.7. The van der Waals surface area contributed by atoms with Crippen LogP contribution in [0.4, 0.5) is 4.79 Å². The Bertz CT molecular complexity index is 2220. The minimum Gasteiger partial charge on any atom is -0.469 e. The second-order valence-corrected chi connectivity index (χ2v) is 19.7. The van der Waals surface area contributed by atoms with Crippen molar-refractivity contribution in [1.29, 1.82) is 0 Å². The number of carbonyl (C=O) groups is 5. The molecule has 4 aromatic rings. The third kappa shape index (κ3) is 20.7. The van der Waals surface area contributed by atoms with Crippen LogP contribution in [0.5, 0.6) is 0 Å². The summed E-state index contributed by atoms with van der Waals surface area (Å²) in [5.41, 5.74) is 12.4. The predicted octanol–water partition coefficient (Wildman–Crippen LogP) is 6.93. The van der Waals surface area contributed by atoms with Crippen LogP contribution in [0.2, 0.25) is 0 Å². The summed E-state index contributed by atoms with van der Waals surface area (Å²) in [6, 6.07) is 30.1. The topological polar surface area (TPSA) is 207 Å². The molecule has 16 heteroatoms. The summed E-state index contributed by atoms with van der Waals surface area (Å²) in [5, 5.41) is 4.45. The van der Waals surface area contributed by atoms with Crippen LogP contribution < -0.4 is 16.5 Å². The molecular formula is C55H75N5O11. The Hall–Kier alpha value is -6.04. The molecule has 4 N–H and O–H groups in total. The Labute approximate surface area is 419 Å². The average molecular weight is 982 g/mol. The first-order chi connectivity index (χ1) is 33.9. The number of nitrogens with one attached hydrogen (secondary N) is 2. The van der Waals surface area contributed by atoms with Crippen LogP contribution in [0.3, 0.4) is 0 Å². The van der Waals surface area contributed by atoms with E-state index in [0.717, 1.165) is 27.9 Å². The maximum atomic E-state index is 14.8. The molecule has 0 radical (unpaired) electrons. The molecule has 4 rings (SSSR count). The van der Waals surface area contributed by atoms with Crippen LogP contribution in [-0.2, 0) is 67.0 Å². The van der Waals surface area contributed by atoms with Crippen molar-refractivity contribution in [3.05, 3.63) is 126 Å². The first-order valence-corrected chi connectivity index (χ1v) is 24.1. The summed E-state index contributed by atoms with van der Waals surface area (Å²) in [4.78, 5) is 74.1. The van der Waals surface area contributed by atoms with Crippen LogP contribution >= 0.6 is 0 Å². The smallest absolute Gasteiger partial charge is 0.407 e. The van der Waals surface area contributed by atoms with Gasteiger partial charge >= 0.3 is 18.0 Å². The Balaban J connectivity index is 1.72. The van der Waals surface area contributed by atoms with E-state index in [1.165, 1.54) is 7.11 Å². The van der Waals surface area contributed by atoms with Gasteiger partial charge in [-0.3, -0.25) is 29.6 Å². The SMILES string of the molecule is COCCOCCOCCOC(=O)N[C@H](C(=O)C[C@@H](Cc1ccccc1)[C@H](CN(Cc1ccc(-c2ccccn2)cc1)NC(=O)[C@@H](CC(=O)OC)C(C)(C)C)OC(=O)[C@@H](N)Cc1ccccc1)C(C)(C)C. The zero-order chi connectivity index (χ0) is 51.8. The molecule has 0 spiro atoms. The summed E-state index contributed by atoms with van der Waals surface area (Å²) >= 11 is 0. The molecule has 0 fully saturated rings. The normalized spacial score (nSPS) is 13.8. The number of nitrogens with zero attached hydrogens (tertiary/aromatic N) is 2. The molecule has 0 saturated carbocycles. The predicted molar refractivity (Wildman–Crippen MR) is 270 cm³/mol.